The largest absolute Gasteiger partial charge is 0.508 e. The average molecular weight is 682 g/mol. The lowest BCUT2D eigenvalue weighted by molar-refractivity contribution is -0.153. The molecule has 0 aromatic heterocycles. The van der Waals surface area contributed by atoms with E-state index in [0.29, 0.717) is 11.3 Å². The van der Waals surface area contributed by atoms with E-state index < -0.39 is 69.7 Å². The van der Waals surface area contributed by atoms with Gasteiger partial charge in [0.25, 0.3) is 5.91 Å². The third kappa shape index (κ3) is 4.54. The number of Topliss-reactive ketones (excluding diaryl/α,β-unsaturated/α-hetero) is 2. The molecule has 5 rings (SSSR count). The molecular formula is C29H34BrClN4O8. The van der Waals surface area contributed by atoms with E-state index in [-0.39, 0.29) is 45.4 Å². The van der Waals surface area contributed by atoms with Crippen molar-refractivity contribution in [1.82, 2.24) is 4.90 Å². The standard InChI is InChI=1S/C29H34BrClN4O8/c1-34(2)20-12-8-11-9-13-21(35(3)4)24(39)17(27(32)42)26(41)29(13,43)25(40)15(11)22(37)16(12)23(38)19(18(20)31)33-14(36)10-28(30)6-5-7-28/h11,13,21,37-38,41,43H,5-10H2,1-4H3,(H2,32,42)(H,33,36)/t11?,13?,21-,29?/m0/s1. The Morgan fingerprint density at radius 3 is 2.28 bits per heavy atom. The highest BCUT2D eigenvalue weighted by molar-refractivity contribution is 9.10. The van der Waals surface area contributed by atoms with Crippen LogP contribution in [-0.4, -0.2) is 92.9 Å². The van der Waals surface area contributed by atoms with E-state index in [2.05, 4.69) is 21.2 Å². The molecule has 1 aromatic carbocycles. The van der Waals surface area contributed by atoms with Gasteiger partial charge in [-0.3, -0.25) is 24.1 Å². The van der Waals surface area contributed by atoms with Gasteiger partial charge in [0.15, 0.2) is 17.1 Å². The van der Waals surface area contributed by atoms with Crippen LogP contribution < -0.4 is 16.0 Å². The number of halogens is 2. The lowest BCUT2D eigenvalue weighted by atomic mass is 9.57. The molecule has 4 atom stereocenters. The van der Waals surface area contributed by atoms with E-state index in [1.807, 2.05) is 0 Å². The summed E-state index contributed by atoms with van der Waals surface area (Å²) in [7, 11) is 6.47. The number of rotatable bonds is 6. The maximum atomic E-state index is 14.1. The maximum Gasteiger partial charge on any atom is 0.255 e. The molecule has 0 aliphatic heterocycles. The van der Waals surface area contributed by atoms with Crippen LogP contribution in [0.2, 0.25) is 5.02 Å². The zero-order valence-electron chi connectivity index (χ0n) is 24.1. The minimum Gasteiger partial charge on any atom is -0.508 e. The Labute approximate surface area is 261 Å². The van der Waals surface area contributed by atoms with Gasteiger partial charge >= 0.3 is 0 Å². The molecule has 3 unspecified atom stereocenters. The smallest absolute Gasteiger partial charge is 0.255 e. The number of primary amides is 1. The molecule has 14 heteroatoms. The van der Waals surface area contributed by atoms with E-state index >= 15 is 0 Å². The number of carbonyl (C=O) groups excluding carboxylic acids is 4. The number of phenolic OH excluding ortho intramolecular Hbond substituents is 1. The number of alkyl halides is 1. The van der Waals surface area contributed by atoms with Gasteiger partial charge in [0, 0.05) is 36.3 Å². The Morgan fingerprint density at radius 1 is 1.14 bits per heavy atom. The minimum absolute atomic E-state index is 0.0346. The van der Waals surface area contributed by atoms with Crippen LogP contribution in [-0.2, 0) is 25.6 Å². The summed E-state index contributed by atoms with van der Waals surface area (Å²) in [5.41, 5.74) is 1.94. The molecule has 0 heterocycles. The Balaban J connectivity index is 1.69. The molecule has 7 N–H and O–H groups in total. The van der Waals surface area contributed by atoms with Crippen molar-refractivity contribution in [1.29, 1.82) is 0 Å². The predicted molar refractivity (Wildman–Crippen MR) is 162 cm³/mol. The number of hydrogen-bond acceptors (Lipinski definition) is 10. The van der Waals surface area contributed by atoms with Gasteiger partial charge in [0.1, 0.15) is 22.8 Å². The van der Waals surface area contributed by atoms with E-state index in [9.17, 15) is 39.6 Å². The molecule has 4 aliphatic carbocycles. The molecule has 4 aliphatic rings. The fourth-order valence-corrected chi connectivity index (χ4v) is 8.35. The number of amides is 2. The van der Waals surface area contributed by atoms with Gasteiger partial charge in [0.05, 0.1) is 22.3 Å². The molecule has 0 saturated heterocycles. The minimum atomic E-state index is -2.75. The summed E-state index contributed by atoms with van der Waals surface area (Å²) in [5, 5.41) is 48.6. The molecule has 0 spiro atoms. The monoisotopic (exact) mass is 680 g/mol. The van der Waals surface area contributed by atoms with Gasteiger partial charge in [-0.2, -0.15) is 0 Å². The number of aliphatic hydroxyl groups is 3. The van der Waals surface area contributed by atoms with Gasteiger partial charge in [-0.15, -0.1) is 0 Å². The fourth-order valence-electron chi connectivity index (χ4n) is 7.12. The molecule has 2 fully saturated rings. The number of nitrogens with zero attached hydrogens (tertiary/aromatic N) is 2. The number of nitrogens with two attached hydrogens (primary N) is 1. The Kier molecular flexibility index (Phi) is 7.64. The van der Waals surface area contributed by atoms with Gasteiger partial charge < -0.3 is 36.4 Å². The van der Waals surface area contributed by atoms with Crippen molar-refractivity contribution >= 4 is 68.0 Å². The number of benzene rings is 1. The third-order valence-electron chi connectivity index (χ3n) is 9.24. The molecule has 43 heavy (non-hydrogen) atoms. The fraction of sp³-hybridized carbons (Fsp3) is 0.517. The highest BCUT2D eigenvalue weighted by atomic mass is 79.9. The quantitative estimate of drug-likeness (QED) is 0.147. The molecule has 0 bridgehead atoms. The SMILES string of the molecule is CN(C)c1c(Cl)c(NC(=O)CC2(Br)CCC2)c(O)c2c1CC1CC3[C@H](N(C)C)C(=O)C(C(N)=O)=C(O)C3(O)C(=O)C1=C2O. The van der Waals surface area contributed by atoms with Crippen molar-refractivity contribution in [2.24, 2.45) is 17.6 Å². The highest BCUT2D eigenvalue weighted by Gasteiger charge is 2.64. The molecule has 2 saturated carbocycles. The lowest BCUT2D eigenvalue weighted by Crippen LogP contribution is -2.65. The Bertz CT molecular complexity index is 1550. The average Bonchev–Trinajstić information content (AvgIpc) is 2.87. The van der Waals surface area contributed by atoms with Crippen LogP contribution in [0.5, 0.6) is 5.75 Å². The number of anilines is 2. The van der Waals surface area contributed by atoms with Gasteiger partial charge in [-0.05, 0) is 51.3 Å². The topological polar surface area (TPSA) is 194 Å². The zero-order chi connectivity index (χ0) is 31.9. The van der Waals surface area contributed by atoms with Crippen LogP contribution in [0.15, 0.2) is 16.9 Å². The number of ketones is 2. The first-order valence-electron chi connectivity index (χ1n) is 13.8. The van der Waals surface area contributed by atoms with Crippen LogP contribution in [0, 0.1) is 11.8 Å². The van der Waals surface area contributed by atoms with Crippen LogP contribution in [0.3, 0.4) is 0 Å². The molecule has 2 amide bonds. The lowest BCUT2D eigenvalue weighted by Gasteiger charge is -2.50. The molecule has 12 nitrogen and oxygen atoms in total. The highest BCUT2D eigenvalue weighted by Crippen LogP contribution is 2.56. The van der Waals surface area contributed by atoms with Crippen LogP contribution >= 0.6 is 27.5 Å². The summed E-state index contributed by atoms with van der Waals surface area (Å²) in [4.78, 5) is 55.6. The normalized spacial score (nSPS) is 27.8. The van der Waals surface area contributed by atoms with Crippen LogP contribution in [0.4, 0.5) is 11.4 Å². The summed E-state index contributed by atoms with van der Waals surface area (Å²) >= 11 is 10.4. The predicted octanol–water partition coefficient (Wildman–Crippen LogP) is 2.33. The zero-order valence-corrected chi connectivity index (χ0v) is 26.5. The summed E-state index contributed by atoms with van der Waals surface area (Å²) in [6.45, 7) is 0. The first kappa shape index (κ1) is 31.3. The number of phenols is 1. The molecule has 0 radical (unpaired) electrons. The number of nitrogens with one attached hydrogen (secondary N) is 1. The summed E-state index contributed by atoms with van der Waals surface area (Å²) in [5.74, 6) is -8.02. The van der Waals surface area contributed by atoms with E-state index in [0.717, 1.165) is 19.3 Å². The molecule has 232 valence electrons. The maximum absolute atomic E-state index is 14.1. The number of hydrogen-bond donors (Lipinski definition) is 6. The van der Waals surface area contributed by atoms with E-state index in [1.165, 1.54) is 19.0 Å². The van der Waals surface area contributed by atoms with Gasteiger partial charge in [-0.25, -0.2) is 0 Å². The summed E-state index contributed by atoms with van der Waals surface area (Å²) in [6.07, 6.45) is 2.74. The first-order chi connectivity index (χ1) is 20.0. The van der Waals surface area contributed by atoms with Gasteiger partial charge in [-0.1, -0.05) is 34.0 Å². The van der Waals surface area contributed by atoms with Crippen molar-refractivity contribution < 1.29 is 39.6 Å². The number of aliphatic hydroxyl groups excluding tert-OH is 2. The van der Waals surface area contributed by atoms with Crippen LogP contribution in [0.1, 0.15) is 43.2 Å². The number of fused-ring (bicyclic) bond motifs is 3. The summed E-state index contributed by atoms with van der Waals surface area (Å²) < 4.78 is -0.347. The van der Waals surface area contributed by atoms with Crippen molar-refractivity contribution in [3.8, 4) is 5.75 Å². The summed E-state index contributed by atoms with van der Waals surface area (Å²) in [6, 6.07) is -1.19. The van der Waals surface area contributed by atoms with Crippen molar-refractivity contribution in [2.75, 3.05) is 38.4 Å². The van der Waals surface area contributed by atoms with Crippen LogP contribution in [0.25, 0.3) is 5.76 Å². The van der Waals surface area contributed by atoms with Crippen molar-refractivity contribution in [2.45, 2.75) is 54.5 Å². The first-order valence-corrected chi connectivity index (χ1v) is 15.0. The molecule has 1 aromatic rings. The number of carbonyl (C=O) groups is 4. The second-order valence-corrected chi connectivity index (χ2v) is 14.4. The van der Waals surface area contributed by atoms with Crippen molar-refractivity contribution in [3.63, 3.8) is 0 Å². The number of aromatic hydroxyl groups is 1. The Morgan fingerprint density at radius 2 is 1.77 bits per heavy atom. The van der Waals surface area contributed by atoms with E-state index in [4.69, 9.17) is 17.3 Å². The number of likely N-dealkylation sites (N-methyl/N-ethyl adjacent to an activating group) is 1. The second kappa shape index (κ2) is 10.5. The van der Waals surface area contributed by atoms with E-state index in [1.54, 1.807) is 19.0 Å². The van der Waals surface area contributed by atoms with Gasteiger partial charge in [0.2, 0.25) is 11.7 Å². The third-order valence-corrected chi connectivity index (χ3v) is 10.7. The second-order valence-electron chi connectivity index (χ2n) is 12.3. The molecular weight excluding hydrogens is 648 g/mol. The van der Waals surface area contributed by atoms with Crippen molar-refractivity contribution in [3.05, 3.63) is 33.1 Å². The Hall–Kier alpha value is -3.13.